The molecule has 0 N–H and O–H groups in total. The Balaban J connectivity index is 2.50. The van der Waals surface area contributed by atoms with Gasteiger partial charge in [0, 0.05) is 5.41 Å². The lowest BCUT2D eigenvalue weighted by Gasteiger charge is -2.09. The maximum atomic E-state index is 5.99. The standard InChI is InChI=1S/C9H10ClIN2/c1-5-6(11)7(10)13-8(12-5)9(2)3-4-9/h3-4H2,1-2H3. The van der Waals surface area contributed by atoms with Gasteiger partial charge in [0.25, 0.3) is 0 Å². The quantitative estimate of drug-likeness (QED) is 0.588. The molecular weight excluding hydrogens is 298 g/mol. The predicted octanol–water partition coefficient (Wildman–Crippen LogP) is 3.09. The van der Waals surface area contributed by atoms with Gasteiger partial charge < -0.3 is 0 Å². The van der Waals surface area contributed by atoms with Crippen LogP contribution in [0.1, 0.15) is 31.3 Å². The Morgan fingerprint density at radius 3 is 2.46 bits per heavy atom. The van der Waals surface area contributed by atoms with Crippen molar-refractivity contribution in [1.29, 1.82) is 0 Å². The highest BCUT2D eigenvalue weighted by Gasteiger charge is 2.42. The maximum absolute atomic E-state index is 5.99. The SMILES string of the molecule is Cc1nc(C2(C)CC2)nc(Cl)c1I. The maximum Gasteiger partial charge on any atom is 0.146 e. The molecule has 13 heavy (non-hydrogen) atoms. The van der Waals surface area contributed by atoms with Crippen LogP contribution >= 0.6 is 34.2 Å². The highest BCUT2D eigenvalue weighted by atomic mass is 127. The van der Waals surface area contributed by atoms with Crippen LogP contribution in [0.15, 0.2) is 0 Å². The lowest BCUT2D eigenvalue weighted by molar-refractivity contribution is 0.701. The van der Waals surface area contributed by atoms with Gasteiger partial charge in [0.15, 0.2) is 0 Å². The Kier molecular flexibility index (Phi) is 2.27. The first-order valence-electron chi connectivity index (χ1n) is 4.23. The molecule has 2 rings (SSSR count). The van der Waals surface area contributed by atoms with Crippen LogP contribution in [0, 0.1) is 10.5 Å². The van der Waals surface area contributed by atoms with Gasteiger partial charge in [0.05, 0.1) is 9.26 Å². The highest BCUT2D eigenvalue weighted by molar-refractivity contribution is 14.1. The summed E-state index contributed by atoms with van der Waals surface area (Å²) in [6.07, 6.45) is 2.37. The third-order valence-electron chi connectivity index (χ3n) is 2.52. The Bertz CT molecular complexity index is 338. The van der Waals surface area contributed by atoms with E-state index >= 15 is 0 Å². The fourth-order valence-electron chi connectivity index (χ4n) is 1.21. The topological polar surface area (TPSA) is 25.8 Å². The predicted molar refractivity (Wildman–Crippen MR) is 61.1 cm³/mol. The summed E-state index contributed by atoms with van der Waals surface area (Å²) in [4.78, 5) is 8.78. The molecule has 1 aromatic heterocycles. The third kappa shape index (κ3) is 1.68. The Labute approximate surface area is 96.3 Å². The van der Waals surface area contributed by atoms with E-state index in [4.69, 9.17) is 11.6 Å². The van der Waals surface area contributed by atoms with Crippen molar-refractivity contribution in [3.8, 4) is 0 Å². The highest BCUT2D eigenvalue weighted by Crippen LogP contribution is 2.46. The molecule has 1 saturated carbocycles. The molecule has 0 aliphatic heterocycles. The van der Waals surface area contributed by atoms with Crippen LogP contribution in [-0.2, 0) is 5.41 Å². The first-order chi connectivity index (χ1) is 6.03. The van der Waals surface area contributed by atoms with Gasteiger partial charge in [0.1, 0.15) is 11.0 Å². The minimum atomic E-state index is 0.207. The van der Waals surface area contributed by atoms with Gasteiger partial charge in [-0.3, -0.25) is 0 Å². The fraction of sp³-hybridized carbons (Fsp3) is 0.556. The van der Waals surface area contributed by atoms with Crippen LogP contribution in [0.2, 0.25) is 5.15 Å². The molecule has 0 unspecified atom stereocenters. The summed E-state index contributed by atoms with van der Waals surface area (Å²) in [5.41, 5.74) is 1.20. The van der Waals surface area contributed by atoms with E-state index in [0.717, 1.165) is 15.1 Å². The normalized spacial score (nSPS) is 18.8. The van der Waals surface area contributed by atoms with Crippen molar-refractivity contribution in [2.24, 2.45) is 0 Å². The number of hydrogen-bond donors (Lipinski definition) is 0. The fourth-order valence-corrected chi connectivity index (χ4v) is 1.66. The molecule has 0 aromatic carbocycles. The van der Waals surface area contributed by atoms with Gasteiger partial charge in [-0.25, -0.2) is 9.97 Å². The molecule has 1 aliphatic carbocycles. The smallest absolute Gasteiger partial charge is 0.146 e. The zero-order valence-electron chi connectivity index (χ0n) is 7.56. The van der Waals surface area contributed by atoms with Crippen LogP contribution < -0.4 is 0 Å². The second kappa shape index (κ2) is 3.05. The monoisotopic (exact) mass is 308 g/mol. The molecule has 1 aromatic rings. The molecule has 1 fully saturated rings. The molecule has 0 saturated heterocycles. The number of hydrogen-bond acceptors (Lipinski definition) is 2. The molecule has 4 heteroatoms. The van der Waals surface area contributed by atoms with Crippen molar-refractivity contribution in [2.75, 3.05) is 0 Å². The second-order valence-electron chi connectivity index (χ2n) is 3.80. The van der Waals surface area contributed by atoms with E-state index in [0.29, 0.717) is 5.15 Å². The van der Waals surface area contributed by atoms with E-state index in [2.05, 4.69) is 39.5 Å². The van der Waals surface area contributed by atoms with Gasteiger partial charge in [-0.05, 0) is 42.4 Å². The third-order valence-corrected chi connectivity index (χ3v) is 4.40. The molecule has 1 heterocycles. The van der Waals surface area contributed by atoms with E-state index in [1.54, 1.807) is 0 Å². The van der Waals surface area contributed by atoms with Gasteiger partial charge in [-0.2, -0.15) is 0 Å². The van der Waals surface area contributed by atoms with Gasteiger partial charge >= 0.3 is 0 Å². The molecule has 1 aliphatic rings. The summed E-state index contributed by atoms with van der Waals surface area (Å²) in [6.45, 7) is 4.16. The summed E-state index contributed by atoms with van der Waals surface area (Å²) >= 11 is 8.17. The van der Waals surface area contributed by atoms with Crippen molar-refractivity contribution in [3.63, 3.8) is 0 Å². The average Bonchev–Trinajstić information content (AvgIpc) is 2.80. The lowest BCUT2D eigenvalue weighted by Crippen LogP contribution is -2.09. The van der Waals surface area contributed by atoms with E-state index < -0.39 is 0 Å². The minimum Gasteiger partial charge on any atom is -0.236 e. The number of halogens is 2. The molecule has 70 valence electrons. The molecule has 0 spiro atoms. The molecule has 0 bridgehead atoms. The van der Waals surface area contributed by atoms with E-state index in [1.165, 1.54) is 12.8 Å². The summed E-state index contributed by atoms with van der Waals surface area (Å²) < 4.78 is 0.965. The first kappa shape index (κ1) is 9.65. The van der Waals surface area contributed by atoms with Gasteiger partial charge in [-0.15, -0.1) is 0 Å². The number of rotatable bonds is 1. The summed E-state index contributed by atoms with van der Waals surface area (Å²) in [5.74, 6) is 0.912. The van der Waals surface area contributed by atoms with Crippen molar-refractivity contribution in [3.05, 3.63) is 20.2 Å². The zero-order valence-corrected chi connectivity index (χ0v) is 10.5. The van der Waals surface area contributed by atoms with Gasteiger partial charge in [0.2, 0.25) is 0 Å². The average molecular weight is 309 g/mol. The molecule has 2 nitrogen and oxygen atoms in total. The number of aromatic nitrogens is 2. The van der Waals surface area contributed by atoms with Crippen molar-refractivity contribution >= 4 is 34.2 Å². The van der Waals surface area contributed by atoms with Crippen LogP contribution in [0.4, 0.5) is 0 Å². The summed E-state index contributed by atoms with van der Waals surface area (Å²) in [7, 11) is 0. The van der Waals surface area contributed by atoms with Crippen molar-refractivity contribution < 1.29 is 0 Å². The molecule has 0 amide bonds. The molecule has 0 radical (unpaired) electrons. The first-order valence-corrected chi connectivity index (χ1v) is 5.69. The van der Waals surface area contributed by atoms with Crippen molar-refractivity contribution in [2.45, 2.75) is 32.1 Å². The Morgan fingerprint density at radius 2 is 2.00 bits per heavy atom. The van der Waals surface area contributed by atoms with Crippen LogP contribution in [0.25, 0.3) is 0 Å². The van der Waals surface area contributed by atoms with Gasteiger partial charge in [-0.1, -0.05) is 18.5 Å². The van der Waals surface area contributed by atoms with Crippen LogP contribution in [0.3, 0.4) is 0 Å². The lowest BCUT2D eigenvalue weighted by atomic mass is 10.1. The Morgan fingerprint density at radius 1 is 1.38 bits per heavy atom. The molecular formula is C9H10ClIN2. The van der Waals surface area contributed by atoms with Crippen LogP contribution in [0.5, 0.6) is 0 Å². The van der Waals surface area contributed by atoms with E-state index in [9.17, 15) is 0 Å². The van der Waals surface area contributed by atoms with E-state index in [-0.39, 0.29) is 5.41 Å². The second-order valence-corrected chi connectivity index (χ2v) is 5.23. The zero-order chi connectivity index (χ0) is 9.64. The summed E-state index contributed by atoms with van der Waals surface area (Å²) in [5, 5.41) is 0.594. The minimum absolute atomic E-state index is 0.207. The summed E-state index contributed by atoms with van der Waals surface area (Å²) in [6, 6.07) is 0. The largest absolute Gasteiger partial charge is 0.236 e. The number of nitrogens with zero attached hydrogens (tertiary/aromatic N) is 2. The van der Waals surface area contributed by atoms with Crippen molar-refractivity contribution in [1.82, 2.24) is 9.97 Å². The number of aryl methyl sites for hydroxylation is 1. The van der Waals surface area contributed by atoms with Crippen LogP contribution in [-0.4, -0.2) is 9.97 Å². The van der Waals surface area contributed by atoms with E-state index in [1.807, 2.05) is 6.92 Å². The molecule has 0 atom stereocenters. The Hall–Kier alpha value is 0.100.